The van der Waals surface area contributed by atoms with Crippen LogP contribution in [0.15, 0.2) is 0 Å². The summed E-state index contributed by atoms with van der Waals surface area (Å²) in [6.07, 6.45) is 1.99. The molecule has 3 atom stereocenters. The molecule has 0 spiro atoms. The van der Waals surface area contributed by atoms with E-state index < -0.39 is 0 Å². The summed E-state index contributed by atoms with van der Waals surface area (Å²) in [5.74, 6) is -0.147. The zero-order valence-corrected chi connectivity index (χ0v) is 11.6. The van der Waals surface area contributed by atoms with Crippen LogP contribution in [0.4, 0.5) is 0 Å². The molecule has 0 aliphatic heterocycles. The molecule has 3 unspecified atom stereocenters. The van der Waals surface area contributed by atoms with Crippen molar-refractivity contribution in [2.75, 3.05) is 13.7 Å². The van der Waals surface area contributed by atoms with Crippen molar-refractivity contribution in [1.29, 1.82) is 0 Å². The van der Waals surface area contributed by atoms with Crippen LogP contribution in [0.3, 0.4) is 0 Å². The zero-order chi connectivity index (χ0) is 13.1. The predicted octanol–water partition coefficient (Wildman–Crippen LogP) is 1.73. The minimum absolute atomic E-state index is 0.0780. The summed E-state index contributed by atoms with van der Waals surface area (Å²) in [6.45, 7) is 8.60. The van der Waals surface area contributed by atoms with E-state index in [1.54, 1.807) is 7.11 Å². The van der Waals surface area contributed by atoms with Gasteiger partial charge in [0.15, 0.2) is 0 Å². The lowest BCUT2D eigenvalue weighted by molar-refractivity contribution is -0.149. The first-order valence-electron chi connectivity index (χ1n) is 6.42. The summed E-state index contributed by atoms with van der Waals surface area (Å²) < 4.78 is 10.5. The number of methoxy groups -OCH3 is 1. The van der Waals surface area contributed by atoms with Gasteiger partial charge in [-0.2, -0.15) is 0 Å². The third-order valence-electron chi connectivity index (χ3n) is 3.84. The van der Waals surface area contributed by atoms with Crippen molar-refractivity contribution in [3.63, 3.8) is 0 Å². The Morgan fingerprint density at radius 2 is 2.12 bits per heavy atom. The van der Waals surface area contributed by atoms with Gasteiger partial charge in [0.05, 0.1) is 12.7 Å². The Morgan fingerprint density at radius 1 is 1.47 bits per heavy atom. The highest BCUT2D eigenvalue weighted by molar-refractivity contribution is 5.75. The van der Waals surface area contributed by atoms with Crippen LogP contribution in [0, 0.1) is 5.41 Å². The van der Waals surface area contributed by atoms with Crippen LogP contribution in [0.5, 0.6) is 0 Å². The largest absolute Gasteiger partial charge is 0.465 e. The fourth-order valence-electron chi connectivity index (χ4n) is 2.41. The van der Waals surface area contributed by atoms with Crippen molar-refractivity contribution in [2.24, 2.45) is 5.41 Å². The van der Waals surface area contributed by atoms with Crippen LogP contribution in [-0.2, 0) is 14.3 Å². The number of carbonyl (C=O) groups excluding carboxylic acids is 1. The summed E-state index contributed by atoms with van der Waals surface area (Å²) in [5, 5.41) is 3.39. The zero-order valence-electron chi connectivity index (χ0n) is 11.6. The van der Waals surface area contributed by atoms with E-state index in [9.17, 15) is 4.79 Å². The van der Waals surface area contributed by atoms with Crippen LogP contribution in [-0.4, -0.2) is 37.9 Å². The van der Waals surface area contributed by atoms with Crippen LogP contribution < -0.4 is 5.32 Å². The molecule has 100 valence electrons. The Bertz CT molecular complexity index is 265. The van der Waals surface area contributed by atoms with Crippen LogP contribution >= 0.6 is 0 Å². The average Bonchev–Trinajstić information content (AvgIpc) is 2.28. The van der Waals surface area contributed by atoms with E-state index in [-0.39, 0.29) is 23.5 Å². The minimum Gasteiger partial charge on any atom is -0.465 e. The van der Waals surface area contributed by atoms with Crippen LogP contribution in [0.2, 0.25) is 0 Å². The van der Waals surface area contributed by atoms with Crippen molar-refractivity contribution in [2.45, 2.75) is 58.7 Å². The van der Waals surface area contributed by atoms with Gasteiger partial charge in [0.2, 0.25) is 0 Å². The van der Waals surface area contributed by atoms with Crippen molar-refractivity contribution in [3.8, 4) is 0 Å². The maximum Gasteiger partial charge on any atom is 0.323 e. The number of rotatable bonds is 6. The van der Waals surface area contributed by atoms with Gasteiger partial charge in [0, 0.05) is 18.6 Å². The van der Waals surface area contributed by atoms with Gasteiger partial charge in [0.1, 0.15) is 6.04 Å². The molecule has 0 aromatic rings. The number of hydrogen-bond acceptors (Lipinski definition) is 4. The molecule has 1 rings (SSSR count). The lowest BCUT2D eigenvalue weighted by atomic mass is 9.64. The van der Waals surface area contributed by atoms with Gasteiger partial charge in [-0.05, 0) is 19.8 Å². The minimum atomic E-state index is -0.197. The molecule has 0 amide bonds. The third-order valence-corrected chi connectivity index (χ3v) is 3.84. The molecule has 4 heteroatoms. The average molecular weight is 243 g/mol. The SMILES string of the molecule is CCOC(=O)C(CC)NC1CC(OC)C1(C)C. The van der Waals surface area contributed by atoms with E-state index in [1.807, 2.05) is 13.8 Å². The van der Waals surface area contributed by atoms with E-state index in [0.717, 1.165) is 12.8 Å². The molecule has 0 radical (unpaired) electrons. The summed E-state index contributed by atoms with van der Waals surface area (Å²) in [7, 11) is 1.74. The summed E-state index contributed by atoms with van der Waals surface area (Å²) in [5.41, 5.74) is 0.0780. The first-order chi connectivity index (χ1) is 7.97. The topological polar surface area (TPSA) is 47.6 Å². The number of ether oxygens (including phenoxy) is 2. The van der Waals surface area contributed by atoms with Gasteiger partial charge >= 0.3 is 5.97 Å². The lowest BCUT2D eigenvalue weighted by Crippen LogP contribution is -2.63. The van der Waals surface area contributed by atoms with Gasteiger partial charge < -0.3 is 14.8 Å². The first kappa shape index (κ1) is 14.5. The highest BCUT2D eigenvalue weighted by Crippen LogP contribution is 2.42. The van der Waals surface area contributed by atoms with E-state index >= 15 is 0 Å². The molecule has 0 bridgehead atoms. The standard InChI is InChI=1S/C13H25NO3/c1-6-9(12(15)17-7-2)14-10-8-11(16-5)13(10,3)4/h9-11,14H,6-8H2,1-5H3. The molecule has 0 aromatic heterocycles. The van der Waals surface area contributed by atoms with E-state index in [2.05, 4.69) is 19.2 Å². The predicted molar refractivity (Wildman–Crippen MR) is 66.8 cm³/mol. The Balaban J connectivity index is 2.51. The van der Waals surface area contributed by atoms with Crippen molar-refractivity contribution >= 4 is 5.97 Å². The number of carbonyl (C=O) groups is 1. The number of esters is 1. The Labute approximate surface area is 104 Å². The molecule has 17 heavy (non-hydrogen) atoms. The maximum absolute atomic E-state index is 11.7. The fourth-order valence-corrected chi connectivity index (χ4v) is 2.41. The summed E-state index contributed by atoms with van der Waals surface area (Å²) >= 11 is 0. The second kappa shape index (κ2) is 5.83. The van der Waals surface area contributed by atoms with Gasteiger partial charge in [-0.1, -0.05) is 20.8 Å². The number of nitrogens with one attached hydrogen (secondary N) is 1. The van der Waals surface area contributed by atoms with Crippen LogP contribution in [0.1, 0.15) is 40.5 Å². The highest BCUT2D eigenvalue weighted by atomic mass is 16.5. The summed E-state index contributed by atoms with van der Waals surface area (Å²) in [4.78, 5) is 11.7. The Kier molecular flexibility index (Phi) is 4.95. The van der Waals surface area contributed by atoms with Crippen LogP contribution in [0.25, 0.3) is 0 Å². The van der Waals surface area contributed by atoms with Gasteiger partial charge in [-0.3, -0.25) is 4.79 Å². The molecule has 1 N–H and O–H groups in total. The second-order valence-corrected chi connectivity index (χ2v) is 5.21. The third kappa shape index (κ3) is 2.99. The van der Waals surface area contributed by atoms with Gasteiger partial charge in [-0.25, -0.2) is 0 Å². The van der Waals surface area contributed by atoms with E-state index in [0.29, 0.717) is 12.6 Å². The van der Waals surface area contributed by atoms with Crippen molar-refractivity contribution in [1.82, 2.24) is 5.32 Å². The first-order valence-corrected chi connectivity index (χ1v) is 6.42. The van der Waals surface area contributed by atoms with Gasteiger partial charge in [0.25, 0.3) is 0 Å². The molecule has 0 saturated heterocycles. The van der Waals surface area contributed by atoms with Crippen molar-refractivity contribution < 1.29 is 14.3 Å². The molecule has 1 aliphatic carbocycles. The molecule has 0 heterocycles. The highest BCUT2D eigenvalue weighted by Gasteiger charge is 2.49. The Morgan fingerprint density at radius 3 is 2.53 bits per heavy atom. The lowest BCUT2D eigenvalue weighted by Gasteiger charge is -2.52. The second-order valence-electron chi connectivity index (χ2n) is 5.21. The number of hydrogen-bond donors (Lipinski definition) is 1. The maximum atomic E-state index is 11.7. The molecular formula is C13H25NO3. The van der Waals surface area contributed by atoms with Gasteiger partial charge in [-0.15, -0.1) is 0 Å². The quantitative estimate of drug-likeness (QED) is 0.722. The fraction of sp³-hybridized carbons (Fsp3) is 0.923. The molecular weight excluding hydrogens is 218 g/mol. The summed E-state index contributed by atoms with van der Waals surface area (Å²) in [6, 6.07) is 0.124. The molecule has 4 nitrogen and oxygen atoms in total. The molecule has 1 fully saturated rings. The monoisotopic (exact) mass is 243 g/mol. The smallest absolute Gasteiger partial charge is 0.323 e. The molecule has 1 saturated carbocycles. The normalized spacial score (nSPS) is 28.3. The van der Waals surface area contributed by atoms with E-state index in [1.165, 1.54) is 0 Å². The van der Waals surface area contributed by atoms with Crippen molar-refractivity contribution in [3.05, 3.63) is 0 Å². The van der Waals surface area contributed by atoms with E-state index in [4.69, 9.17) is 9.47 Å². The molecule has 0 aromatic carbocycles. The Hall–Kier alpha value is -0.610. The molecule has 1 aliphatic rings.